The second-order valence-electron chi connectivity index (χ2n) is 8.69. The normalized spacial score (nSPS) is 18.1. The molecule has 6 nitrogen and oxygen atoms in total. The number of thiazole rings is 1. The topological polar surface area (TPSA) is 71.7 Å². The summed E-state index contributed by atoms with van der Waals surface area (Å²) >= 11 is 1.48. The molecule has 1 aromatic heterocycles. The van der Waals surface area contributed by atoms with Gasteiger partial charge in [0.1, 0.15) is 0 Å². The van der Waals surface area contributed by atoms with Crippen LogP contribution in [0.4, 0.5) is 0 Å². The molecule has 34 heavy (non-hydrogen) atoms. The summed E-state index contributed by atoms with van der Waals surface area (Å²) in [5, 5.41) is 2.28. The number of benzene rings is 3. The highest BCUT2D eigenvalue weighted by atomic mass is 32.2. The number of hydrogen-bond donors (Lipinski definition) is 0. The van der Waals surface area contributed by atoms with Gasteiger partial charge in [-0.15, -0.1) is 0 Å². The molecular weight excluding hydrogens is 466 g/mol. The maximum Gasteiger partial charge on any atom is 0.279 e. The van der Waals surface area contributed by atoms with Crippen LogP contribution in [-0.4, -0.2) is 35.8 Å². The Bertz CT molecular complexity index is 1550. The van der Waals surface area contributed by atoms with E-state index in [0.717, 1.165) is 46.7 Å². The van der Waals surface area contributed by atoms with E-state index in [0.29, 0.717) is 16.9 Å². The Balaban J connectivity index is 1.46. The Morgan fingerprint density at radius 2 is 1.82 bits per heavy atom. The van der Waals surface area contributed by atoms with Crippen molar-refractivity contribution >= 4 is 48.3 Å². The molecule has 1 amide bonds. The molecule has 0 radical (unpaired) electrons. The Hall–Kier alpha value is -2.81. The molecule has 3 aromatic carbocycles. The first kappa shape index (κ1) is 23.0. The minimum Gasteiger partial charge on any atom is -0.319 e. The molecule has 4 aromatic rings. The summed E-state index contributed by atoms with van der Waals surface area (Å²) < 4.78 is 31.0. The van der Waals surface area contributed by atoms with Gasteiger partial charge in [0.25, 0.3) is 5.91 Å². The van der Waals surface area contributed by atoms with Gasteiger partial charge in [-0.25, -0.2) is 8.42 Å². The SMILES string of the molecule is CCC1CCCCN1S(=O)(=O)c1ccc(C(=O)N=c2sc3c4ccccc4ccc3n2C)cc1. The van der Waals surface area contributed by atoms with Crippen LogP contribution in [-0.2, 0) is 17.1 Å². The summed E-state index contributed by atoms with van der Waals surface area (Å²) in [4.78, 5) is 18.1. The average Bonchev–Trinajstić information content (AvgIpc) is 3.19. The van der Waals surface area contributed by atoms with Crippen molar-refractivity contribution in [3.05, 3.63) is 71.0 Å². The summed E-state index contributed by atoms with van der Waals surface area (Å²) in [5.74, 6) is -0.389. The first-order valence-electron chi connectivity index (χ1n) is 11.6. The predicted molar refractivity (Wildman–Crippen MR) is 136 cm³/mol. The molecular formula is C26H27N3O3S2. The Labute approximate surface area is 203 Å². The average molecular weight is 494 g/mol. The number of fused-ring (bicyclic) bond motifs is 3. The molecule has 0 spiro atoms. The zero-order valence-corrected chi connectivity index (χ0v) is 20.9. The fourth-order valence-electron chi connectivity index (χ4n) is 4.72. The van der Waals surface area contributed by atoms with Crippen molar-refractivity contribution in [1.29, 1.82) is 0 Å². The molecule has 8 heteroatoms. The fourth-order valence-corrected chi connectivity index (χ4v) is 7.64. The number of carbonyl (C=O) groups is 1. The minimum atomic E-state index is -3.58. The van der Waals surface area contributed by atoms with Crippen LogP contribution in [0.15, 0.2) is 70.6 Å². The van der Waals surface area contributed by atoms with Crippen molar-refractivity contribution < 1.29 is 13.2 Å². The number of rotatable bonds is 4. The number of aryl methyl sites for hydroxylation is 1. The van der Waals surface area contributed by atoms with E-state index in [1.807, 2.05) is 36.7 Å². The summed E-state index contributed by atoms with van der Waals surface area (Å²) in [6.45, 7) is 2.58. The Kier molecular flexibility index (Phi) is 6.14. The number of sulfonamides is 1. The van der Waals surface area contributed by atoms with Crippen LogP contribution in [0, 0.1) is 0 Å². The minimum absolute atomic E-state index is 0.0408. The van der Waals surface area contributed by atoms with Crippen LogP contribution in [0.5, 0.6) is 0 Å². The lowest BCUT2D eigenvalue weighted by Gasteiger charge is -2.34. The van der Waals surface area contributed by atoms with Gasteiger partial charge in [-0.05, 0) is 55.0 Å². The van der Waals surface area contributed by atoms with Gasteiger partial charge in [0, 0.05) is 30.6 Å². The Morgan fingerprint density at radius 1 is 1.06 bits per heavy atom. The quantitative estimate of drug-likeness (QED) is 0.398. The molecule has 176 valence electrons. The van der Waals surface area contributed by atoms with E-state index in [1.165, 1.54) is 23.5 Å². The zero-order chi connectivity index (χ0) is 23.9. The van der Waals surface area contributed by atoms with Crippen LogP contribution < -0.4 is 4.80 Å². The van der Waals surface area contributed by atoms with Crippen LogP contribution >= 0.6 is 11.3 Å². The van der Waals surface area contributed by atoms with E-state index < -0.39 is 10.0 Å². The second kappa shape index (κ2) is 9.09. The molecule has 1 saturated heterocycles. The highest BCUT2D eigenvalue weighted by Crippen LogP contribution is 2.28. The second-order valence-corrected chi connectivity index (χ2v) is 11.6. The third-order valence-electron chi connectivity index (χ3n) is 6.65. The van der Waals surface area contributed by atoms with Crippen LogP contribution in [0.1, 0.15) is 43.0 Å². The van der Waals surface area contributed by atoms with Crippen molar-refractivity contribution in [2.45, 2.75) is 43.5 Å². The molecule has 0 N–H and O–H groups in total. The maximum absolute atomic E-state index is 13.2. The smallest absolute Gasteiger partial charge is 0.279 e. The third-order valence-corrected chi connectivity index (χ3v) is 9.80. The highest BCUT2D eigenvalue weighted by Gasteiger charge is 2.32. The molecule has 2 heterocycles. The van der Waals surface area contributed by atoms with Gasteiger partial charge in [0.05, 0.1) is 15.1 Å². The van der Waals surface area contributed by atoms with Gasteiger partial charge in [-0.1, -0.05) is 55.0 Å². The van der Waals surface area contributed by atoms with E-state index in [1.54, 1.807) is 16.4 Å². The van der Waals surface area contributed by atoms with Gasteiger partial charge in [0.15, 0.2) is 4.80 Å². The van der Waals surface area contributed by atoms with E-state index >= 15 is 0 Å². The highest BCUT2D eigenvalue weighted by molar-refractivity contribution is 7.89. The van der Waals surface area contributed by atoms with Crippen molar-refractivity contribution in [3.63, 3.8) is 0 Å². The monoisotopic (exact) mass is 493 g/mol. The van der Waals surface area contributed by atoms with Crippen LogP contribution in [0.2, 0.25) is 0 Å². The van der Waals surface area contributed by atoms with Crippen molar-refractivity contribution in [1.82, 2.24) is 8.87 Å². The fraction of sp³-hybridized carbons (Fsp3) is 0.308. The molecule has 1 aliphatic rings. The third kappa shape index (κ3) is 4.00. The van der Waals surface area contributed by atoms with Gasteiger partial charge < -0.3 is 4.57 Å². The molecule has 5 rings (SSSR count). The lowest BCUT2D eigenvalue weighted by molar-refractivity contribution is 0.0998. The number of nitrogens with zero attached hydrogens (tertiary/aromatic N) is 3. The van der Waals surface area contributed by atoms with E-state index in [9.17, 15) is 13.2 Å². The number of piperidine rings is 1. The first-order chi connectivity index (χ1) is 16.4. The molecule has 1 atom stereocenters. The van der Waals surface area contributed by atoms with Gasteiger partial charge >= 0.3 is 0 Å². The lowest BCUT2D eigenvalue weighted by Crippen LogP contribution is -2.43. The molecule has 0 saturated carbocycles. The van der Waals surface area contributed by atoms with Gasteiger partial charge in [-0.2, -0.15) is 9.30 Å². The summed E-state index contributed by atoms with van der Waals surface area (Å²) in [5.41, 5.74) is 1.38. The van der Waals surface area contributed by atoms with Crippen molar-refractivity contribution in [2.24, 2.45) is 12.0 Å². The van der Waals surface area contributed by atoms with Gasteiger partial charge in [-0.3, -0.25) is 4.79 Å². The number of carbonyl (C=O) groups excluding carboxylic acids is 1. The standard InChI is InChI=1S/C26H27N3O3S2/c1-3-20-9-6-7-17-29(20)34(31,32)21-14-11-19(12-15-21)25(30)27-26-28(2)23-16-13-18-8-4-5-10-22(18)24(23)33-26/h4-5,8,10-16,20H,3,6-7,9,17H2,1-2H3. The summed E-state index contributed by atoms with van der Waals surface area (Å²) in [6.07, 6.45) is 3.64. The molecule has 1 fully saturated rings. The summed E-state index contributed by atoms with van der Waals surface area (Å²) in [6, 6.07) is 18.5. The molecule has 1 unspecified atom stereocenters. The first-order valence-corrected chi connectivity index (χ1v) is 13.8. The van der Waals surface area contributed by atoms with E-state index in [2.05, 4.69) is 23.2 Å². The zero-order valence-electron chi connectivity index (χ0n) is 19.3. The lowest BCUT2D eigenvalue weighted by atomic mass is 10.0. The summed E-state index contributed by atoms with van der Waals surface area (Å²) in [7, 11) is -1.68. The van der Waals surface area contributed by atoms with Gasteiger partial charge in [0.2, 0.25) is 10.0 Å². The maximum atomic E-state index is 13.2. The van der Waals surface area contributed by atoms with E-state index in [4.69, 9.17) is 0 Å². The van der Waals surface area contributed by atoms with Crippen molar-refractivity contribution in [2.75, 3.05) is 6.54 Å². The molecule has 0 aliphatic carbocycles. The largest absolute Gasteiger partial charge is 0.319 e. The number of hydrogen-bond acceptors (Lipinski definition) is 4. The van der Waals surface area contributed by atoms with Crippen molar-refractivity contribution in [3.8, 4) is 0 Å². The van der Waals surface area contributed by atoms with E-state index in [-0.39, 0.29) is 16.8 Å². The predicted octanol–water partition coefficient (Wildman–Crippen LogP) is 5.09. The molecule has 0 bridgehead atoms. The Morgan fingerprint density at radius 3 is 2.59 bits per heavy atom. The van der Waals surface area contributed by atoms with Crippen LogP contribution in [0.3, 0.4) is 0 Å². The number of amides is 1. The van der Waals surface area contributed by atoms with Crippen LogP contribution in [0.25, 0.3) is 21.0 Å². The number of aromatic nitrogens is 1. The molecule has 1 aliphatic heterocycles.